The van der Waals surface area contributed by atoms with Gasteiger partial charge >= 0.3 is 0 Å². The summed E-state index contributed by atoms with van der Waals surface area (Å²) in [5, 5.41) is 12.3. The third kappa shape index (κ3) is 6.40. The van der Waals surface area contributed by atoms with Crippen LogP contribution in [0.1, 0.15) is 11.1 Å². The molecule has 29 heavy (non-hydrogen) atoms. The predicted octanol–water partition coefficient (Wildman–Crippen LogP) is 3.54. The highest BCUT2D eigenvalue weighted by Crippen LogP contribution is 2.23. The zero-order chi connectivity index (χ0) is 20.6. The number of nitrogens with one attached hydrogen (secondary N) is 1. The molecule has 3 rings (SSSR count). The van der Waals surface area contributed by atoms with E-state index in [-0.39, 0.29) is 24.1 Å². The number of benzene rings is 2. The number of aryl methyl sites for hydroxylation is 1. The Morgan fingerprint density at radius 2 is 2.24 bits per heavy atom. The molecule has 0 bridgehead atoms. The van der Waals surface area contributed by atoms with E-state index in [1.165, 1.54) is 30.1 Å². The average molecular weight is 478 g/mol. The van der Waals surface area contributed by atoms with Gasteiger partial charge in [-0.15, -0.1) is 10.2 Å². The molecule has 10 heteroatoms. The van der Waals surface area contributed by atoms with Crippen molar-refractivity contribution in [3.05, 3.63) is 70.2 Å². The minimum atomic E-state index is -0.314. The molecule has 150 valence electrons. The van der Waals surface area contributed by atoms with E-state index in [2.05, 4.69) is 36.7 Å². The minimum absolute atomic E-state index is 0.158. The molecule has 0 spiro atoms. The van der Waals surface area contributed by atoms with Gasteiger partial charge in [0.2, 0.25) is 0 Å². The Balaban J connectivity index is 1.58. The van der Waals surface area contributed by atoms with Crippen LogP contribution in [0, 0.1) is 5.82 Å². The second-order valence-corrected chi connectivity index (χ2v) is 7.77. The first-order valence-corrected chi connectivity index (χ1v) is 10.2. The lowest BCUT2D eigenvalue weighted by Crippen LogP contribution is -2.20. The first-order chi connectivity index (χ1) is 14.0. The molecule has 0 saturated carbocycles. The SMILES string of the molecule is Cn1cnnc1SCC(=O)N/N=C\c1cc(Br)ccc1OCc1cccc(F)c1. The number of hydrazone groups is 1. The lowest BCUT2D eigenvalue weighted by Gasteiger charge is -2.10. The van der Waals surface area contributed by atoms with Crippen LogP contribution in [0.3, 0.4) is 0 Å². The Morgan fingerprint density at radius 3 is 3.00 bits per heavy atom. The van der Waals surface area contributed by atoms with Crippen molar-refractivity contribution in [3.63, 3.8) is 0 Å². The summed E-state index contributed by atoms with van der Waals surface area (Å²) in [6, 6.07) is 11.6. The van der Waals surface area contributed by atoms with Crippen LogP contribution in [0.5, 0.6) is 5.75 Å². The third-order valence-electron chi connectivity index (χ3n) is 3.65. The van der Waals surface area contributed by atoms with Gasteiger partial charge < -0.3 is 9.30 Å². The molecule has 3 aromatic rings. The van der Waals surface area contributed by atoms with Crippen LogP contribution in [-0.2, 0) is 18.4 Å². The quantitative estimate of drug-likeness (QED) is 0.304. The maximum atomic E-state index is 13.3. The van der Waals surface area contributed by atoms with Gasteiger partial charge in [-0.25, -0.2) is 9.82 Å². The number of amides is 1. The molecule has 0 aliphatic heterocycles. The Morgan fingerprint density at radius 1 is 1.38 bits per heavy atom. The topological polar surface area (TPSA) is 81.4 Å². The molecule has 0 aliphatic rings. The van der Waals surface area contributed by atoms with Gasteiger partial charge in [-0.1, -0.05) is 39.8 Å². The molecular weight excluding hydrogens is 461 g/mol. The van der Waals surface area contributed by atoms with E-state index >= 15 is 0 Å². The van der Waals surface area contributed by atoms with Gasteiger partial charge in [0.05, 0.1) is 12.0 Å². The molecule has 1 amide bonds. The summed E-state index contributed by atoms with van der Waals surface area (Å²) in [4.78, 5) is 12.0. The van der Waals surface area contributed by atoms with Crippen molar-refractivity contribution in [1.29, 1.82) is 0 Å². The number of carbonyl (C=O) groups is 1. The van der Waals surface area contributed by atoms with Crippen molar-refractivity contribution in [1.82, 2.24) is 20.2 Å². The zero-order valence-corrected chi connectivity index (χ0v) is 17.8. The number of nitrogens with zero attached hydrogens (tertiary/aromatic N) is 4. The van der Waals surface area contributed by atoms with E-state index in [4.69, 9.17) is 4.74 Å². The van der Waals surface area contributed by atoms with E-state index in [0.29, 0.717) is 22.0 Å². The average Bonchev–Trinajstić information content (AvgIpc) is 3.10. The Bertz CT molecular complexity index is 1030. The lowest BCUT2D eigenvalue weighted by molar-refractivity contribution is -0.118. The molecule has 0 unspecified atom stereocenters. The minimum Gasteiger partial charge on any atom is -0.488 e. The van der Waals surface area contributed by atoms with E-state index < -0.39 is 0 Å². The number of hydrogen-bond donors (Lipinski definition) is 1. The summed E-state index contributed by atoms with van der Waals surface area (Å²) >= 11 is 4.66. The number of rotatable bonds is 8. The Hall–Kier alpha value is -2.72. The summed E-state index contributed by atoms with van der Waals surface area (Å²) in [5.41, 5.74) is 3.85. The van der Waals surface area contributed by atoms with Crippen molar-refractivity contribution >= 4 is 39.8 Å². The van der Waals surface area contributed by atoms with Crippen molar-refractivity contribution in [2.24, 2.45) is 12.1 Å². The van der Waals surface area contributed by atoms with Crippen LogP contribution >= 0.6 is 27.7 Å². The highest BCUT2D eigenvalue weighted by molar-refractivity contribution is 9.10. The normalized spacial score (nSPS) is 11.0. The summed E-state index contributed by atoms with van der Waals surface area (Å²) in [6.07, 6.45) is 3.06. The molecule has 1 aromatic heterocycles. The lowest BCUT2D eigenvalue weighted by atomic mass is 10.2. The van der Waals surface area contributed by atoms with Crippen molar-refractivity contribution in [2.45, 2.75) is 11.8 Å². The maximum absolute atomic E-state index is 13.3. The standard InChI is InChI=1S/C19H17BrFN5O2S/c1-26-12-23-25-19(26)29-11-18(27)24-22-9-14-8-15(20)5-6-17(14)28-10-13-3-2-4-16(21)7-13/h2-9,12H,10-11H2,1H3,(H,24,27)/b22-9-. The van der Waals surface area contributed by atoms with Crippen molar-refractivity contribution < 1.29 is 13.9 Å². The number of thioether (sulfide) groups is 1. The van der Waals surface area contributed by atoms with Gasteiger partial charge in [-0.3, -0.25) is 4.79 Å². The second kappa shape index (κ2) is 10.2. The maximum Gasteiger partial charge on any atom is 0.250 e. The number of aromatic nitrogens is 3. The summed E-state index contributed by atoms with van der Waals surface area (Å²) in [6.45, 7) is 0.209. The van der Waals surface area contributed by atoms with Gasteiger partial charge in [0.25, 0.3) is 5.91 Å². The zero-order valence-electron chi connectivity index (χ0n) is 15.4. The predicted molar refractivity (Wildman–Crippen MR) is 112 cm³/mol. The largest absolute Gasteiger partial charge is 0.488 e. The molecule has 0 atom stereocenters. The molecule has 0 fully saturated rings. The fourth-order valence-corrected chi connectivity index (χ4v) is 3.34. The van der Waals surface area contributed by atoms with Gasteiger partial charge in [0.1, 0.15) is 24.5 Å². The first-order valence-electron chi connectivity index (χ1n) is 8.47. The molecule has 0 radical (unpaired) electrons. The molecular formula is C19H17BrFN5O2S. The van der Waals surface area contributed by atoms with E-state index in [1.807, 2.05) is 12.1 Å². The van der Waals surface area contributed by atoms with Crippen molar-refractivity contribution in [3.8, 4) is 5.75 Å². The van der Waals surface area contributed by atoms with E-state index in [0.717, 1.165) is 4.47 Å². The first kappa shape index (κ1) is 21.0. The highest BCUT2D eigenvalue weighted by atomic mass is 79.9. The molecule has 2 aromatic carbocycles. The molecule has 7 nitrogen and oxygen atoms in total. The van der Waals surface area contributed by atoms with Crippen LogP contribution in [0.4, 0.5) is 4.39 Å². The van der Waals surface area contributed by atoms with Crippen LogP contribution in [-0.4, -0.2) is 32.6 Å². The summed E-state index contributed by atoms with van der Waals surface area (Å²) < 4.78 is 21.7. The fourth-order valence-electron chi connectivity index (χ4n) is 2.28. The Labute approximate surface area is 179 Å². The molecule has 0 saturated heterocycles. The third-order valence-corrected chi connectivity index (χ3v) is 5.18. The monoisotopic (exact) mass is 477 g/mol. The van der Waals surface area contributed by atoms with Crippen LogP contribution in [0.2, 0.25) is 0 Å². The number of carbonyl (C=O) groups excluding carboxylic acids is 1. The van der Waals surface area contributed by atoms with Crippen LogP contribution < -0.4 is 10.2 Å². The fraction of sp³-hybridized carbons (Fsp3) is 0.158. The van der Waals surface area contributed by atoms with Gasteiger partial charge in [-0.2, -0.15) is 5.10 Å². The number of hydrogen-bond acceptors (Lipinski definition) is 6. The van der Waals surface area contributed by atoms with Gasteiger partial charge in [0.15, 0.2) is 5.16 Å². The number of ether oxygens (including phenoxy) is 1. The second-order valence-electron chi connectivity index (χ2n) is 5.91. The summed E-state index contributed by atoms with van der Waals surface area (Å²) in [5.74, 6) is 0.131. The molecule has 0 aliphatic carbocycles. The van der Waals surface area contributed by atoms with Crippen LogP contribution in [0.25, 0.3) is 0 Å². The van der Waals surface area contributed by atoms with E-state index in [9.17, 15) is 9.18 Å². The smallest absolute Gasteiger partial charge is 0.250 e. The van der Waals surface area contributed by atoms with E-state index in [1.54, 1.807) is 36.1 Å². The van der Waals surface area contributed by atoms with Gasteiger partial charge in [0, 0.05) is 17.1 Å². The number of halogens is 2. The highest BCUT2D eigenvalue weighted by Gasteiger charge is 2.07. The van der Waals surface area contributed by atoms with Crippen LogP contribution in [0.15, 0.2) is 63.5 Å². The van der Waals surface area contributed by atoms with Crippen molar-refractivity contribution in [2.75, 3.05) is 5.75 Å². The molecule has 1 heterocycles. The molecule has 1 N–H and O–H groups in total. The summed E-state index contributed by atoms with van der Waals surface area (Å²) in [7, 11) is 1.80. The Kier molecular flexibility index (Phi) is 7.36. The van der Waals surface area contributed by atoms with Gasteiger partial charge in [-0.05, 0) is 35.9 Å².